The number of para-hydroxylation sites is 2. The van der Waals surface area contributed by atoms with Crippen molar-refractivity contribution in [2.24, 2.45) is 0 Å². The summed E-state index contributed by atoms with van der Waals surface area (Å²) in [7, 11) is 1.58. The van der Waals surface area contributed by atoms with E-state index < -0.39 is 0 Å². The van der Waals surface area contributed by atoms with Crippen molar-refractivity contribution in [3.63, 3.8) is 0 Å². The van der Waals surface area contributed by atoms with Crippen LogP contribution in [0.5, 0.6) is 17.4 Å². The van der Waals surface area contributed by atoms with Crippen LogP contribution in [0, 0.1) is 6.92 Å². The molecular weight excluding hydrogens is 494 g/mol. The monoisotopic (exact) mass is 521 g/mol. The van der Waals surface area contributed by atoms with Gasteiger partial charge in [-0.2, -0.15) is 0 Å². The predicted octanol–water partition coefficient (Wildman–Crippen LogP) is 5.30. The highest BCUT2D eigenvalue weighted by molar-refractivity contribution is 6.05. The van der Waals surface area contributed by atoms with E-state index in [-0.39, 0.29) is 12.5 Å². The molecule has 0 spiro atoms. The van der Waals surface area contributed by atoms with Crippen LogP contribution in [0.3, 0.4) is 0 Å². The summed E-state index contributed by atoms with van der Waals surface area (Å²) in [6, 6.07) is 21.7. The van der Waals surface area contributed by atoms with Gasteiger partial charge in [0.15, 0.2) is 0 Å². The highest BCUT2D eigenvalue weighted by Crippen LogP contribution is 2.32. The van der Waals surface area contributed by atoms with Gasteiger partial charge in [0.05, 0.1) is 18.5 Å². The van der Waals surface area contributed by atoms with Crippen LogP contribution >= 0.6 is 0 Å². The van der Waals surface area contributed by atoms with E-state index in [0.29, 0.717) is 40.9 Å². The number of nitrogens with zero attached hydrogens (tertiary/aromatic N) is 3. The maximum absolute atomic E-state index is 12.5. The molecule has 0 unspecified atom stereocenters. The van der Waals surface area contributed by atoms with Crippen molar-refractivity contribution in [3.8, 4) is 28.5 Å². The second-order valence-corrected chi connectivity index (χ2v) is 8.68. The lowest BCUT2D eigenvalue weighted by Gasteiger charge is -2.13. The van der Waals surface area contributed by atoms with Crippen molar-refractivity contribution in [3.05, 3.63) is 96.6 Å². The summed E-state index contributed by atoms with van der Waals surface area (Å²) in [5.41, 5.74) is 10.9. The first-order valence-corrected chi connectivity index (χ1v) is 12.3. The molecule has 39 heavy (non-hydrogen) atoms. The van der Waals surface area contributed by atoms with Gasteiger partial charge < -0.3 is 25.3 Å². The number of hydrogen-bond acceptors (Lipinski definition) is 8. The number of anilines is 2. The molecule has 0 aliphatic heterocycles. The molecule has 9 heteroatoms. The number of nitrogens with two attached hydrogens (primary N) is 1. The van der Waals surface area contributed by atoms with Crippen LogP contribution in [0.25, 0.3) is 22.0 Å². The Labute approximate surface area is 225 Å². The topological polar surface area (TPSA) is 121 Å². The van der Waals surface area contributed by atoms with Gasteiger partial charge in [0, 0.05) is 34.5 Å². The normalized spacial score (nSPS) is 10.7. The number of aryl methyl sites for hydroxylation is 1. The summed E-state index contributed by atoms with van der Waals surface area (Å²) in [5, 5.41) is 3.71. The van der Waals surface area contributed by atoms with E-state index in [0.717, 1.165) is 27.7 Å². The van der Waals surface area contributed by atoms with Crippen LogP contribution in [0.1, 0.15) is 16.1 Å². The number of ether oxygens (including phenoxy) is 3. The third-order valence-corrected chi connectivity index (χ3v) is 6.12. The first-order chi connectivity index (χ1) is 19.0. The van der Waals surface area contributed by atoms with E-state index in [1.165, 1.54) is 6.33 Å². The number of nitrogen functional groups attached to an aromatic ring is 1. The molecule has 0 radical (unpaired) electrons. The number of carbonyl (C=O) groups excluding carboxylic acids is 1. The number of amides is 1. The molecule has 0 atom stereocenters. The van der Waals surface area contributed by atoms with Gasteiger partial charge in [0.1, 0.15) is 36.6 Å². The Balaban J connectivity index is 1.24. The van der Waals surface area contributed by atoms with E-state index in [4.69, 9.17) is 19.9 Å². The number of hydrogen-bond donors (Lipinski definition) is 2. The molecule has 9 nitrogen and oxygen atoms in total. The number of rotatable bonds is 9. The predicted molar refractivity (Wildman–Crippen MR) is 150 cm³/mol. The molecule has 0 bridgehead atoms. The van der Waals surface area contributed by atoms with Crippen molar-refractivity contribution in [2.75, 3.05) is 31.4 Å². The lowest BCUT2D eigenvalue weighted by molar-refractivity contribution is 0.102. The summed E-state index contributed by atoms with van der Waals surface area (Å²) < 4.78 is 17.1. The first-order valence-electron chi connectivity index (χ1n) is 12.3. The Bertz CT molecular complexity index is 1610. The van der Waals surface area contributed by atoms with E-state index >= 15 is 0 Å². The average Bonchev–Trinajstić information content (AvgIpc) is 2.97. The molecule has 3 N–H and O–H groups in total. The third-order valence-electron chi connectivity index (χ3n) is 6.12. The fourth-order valence-electron chi connectivity index (χ4n) is 4.03. The minimum atomic E-state index is -0.251. The molecule has 1 amide bonds. The largest absolute Gasteiger partial charge is 0.490 e. The third kappa shape index (κ3) is 5.88. The molecule has 5 rings (SSSR count). The van der Waals surface area contributed by atoms with Crippen molar-refractivity contribution >= 4 is 28.2 Å². The van der Waals surface area contributed by atoms with Gasteiger partial charge in [0.25, 0.3) is 5.91 Å². The lowest BCUT2D eigenvalue weighted by Crippen LogP contribution is -2.13. The van der Waals surface area contributed by atoms with Gasteiger partial charge in [-0.25, -0.2) is 15.0 Å². The number of benzene rings is 3. The minimum absolute atomic E-state index is 0.251. The maximum Gasteiger partial charge on any atom is 0.255 e. The van der Waals surface area contributed by atoms with Crippen LogP contribution in [0.2, 0.25) is 0 Å². The average molecular weight is 522 g/mol. The summed E-state index contributed by atoms with van der Waals surface area (Å²) in [6.07, 6.45) is 3.28. The molecular formula is C30H27N5O4. The van der Waals surface area contributed by atoms with E-state index in [1.807, 2.05) is 43.3 Å². The Hall–Kier alpha value is -5.18. The van der Waals surface area contributed by atoms with E-state index in [2.05, 4.69) is 20.3 Å². The van der Waals surface area contributed by atoms with Gasteiger partial charge in [-0.15, -0.1) is 0 Å². The molecule has 196 valence electrons. The summed E-state index contributed by atoms with van der Waals surface area (Å²) in [4.78, 5) is 25.6. The van der Waals surface area contributed by atoms with Crippen molar-refractivity contribution in [2.45, 2.75) is 6.92 Å². The summed E-state index contributed by atoms with van der Waals surface area (Å²) >= 11 is 0. The Morgan fingerprint density at radius 2 is 1.69 bits per heavy atom. The van der Waals surface area contributed by atoms with Crippen molar-refractivity contribution in [1.29, 1.82) is 0 Å². The van der Waals surface area contributed by atoms with Gasteiger partial charge in [-0.3, -0.25) is 4.79 Å². The summed E-state index contributed by atoms with van der Waals surface area (Å²) in [6.45, 7) is 2.52. The zero-order valence-corrected chi connectivity index (χ0v) is 21.5. The van der Waals surface area contributed by atoms with Crippen molar-refractivity contribution in [1.82, 2.24) is 15.0 Å². The smallest absolute Gasteiger partial charge is 0.255 e. The highest BCUT2D eigenvalue weighted by atomic mass is 16.5. The fourth-order valence-corrected chi connectivity index (χ4v) is 4.03. The molecule has 0 aliphatic carbocycles. The number of carbonyl (C=O) groups is 1. The SMILES string of the molecule is COc1ccc(-c2cc(OCCOc3ccc(C(=O)Nc4ccccc4N)cc3)c3ncnc(C)c3c2)cn1. The number of methoxy groups -OCH3 is 1. The van der Waals surface area contributed by atoms with Crippen LogP contribution in [-0.4, -0.2) is 41.2 Å². The molecule has 0 saturated carbocycles. The van der Waals surface area contributed by atoms with Crippen LogP contribution in [-0.2, 0) is 0 Å². The minimum Gasteiger partial charge on any atom is -0.490 e. The highest BCUT2D eigenvalue weighted by Gasteiger charge is 2.12. The number of pyridine rings is 1. The number of nitrogens with one attached hydrogen (secondary N) is 1. The number of fused-ring (bicyclic) bond motifs is 1. The Morgan fingerprint density at radius 3 is 2.44 bits per heavy atom. The molecule has 0 aliphatic rings. The molecule has 3 aromatic carbocycles. The lowest BCUT2D eigenvalue weighted by atomic mass is 10.0. The van der Waals surface area contributed by atoms with Crippen LogP contribution < -0.4 is 25.3 Å². The zero-order chi connectivity index (χ0) is 27.2. The zero-order valence-electron chi connectivity index (χ0n) is 21.5. The molecule has 2 heterocycles. The number of aromatic nitrogens is 3. The van der Waals surface area contributed by atoms with Gasteiger partial charge in [0.2, 0.25) is 5.88 Å². The maximum atomic E-state index is 12.5. The van der Waals surface area contributed by atoms with Gasteiger partial charge in [-0.1, -0.05) is 12.1 Å². The summed E-state index contributed by atoms with van der Waals surface area (Å²) in [5.74, 6) is 1.54. The molecule has 2 aromatic heterocycles. The van der Waals surface area contributed by atoms with E-state index in [9.17, 15) is 4.79 Å². The quantitative estimate of drug-likeness (QED) is 0.198. The standard InChI is InChI=1S/C30H27N5O4/c1-19-24-15-22(21-9-12-28(37-2)32-17-21)16-27(29(24)34-18-33-19)39-14-13-38-23-10-7-20(8-11-23)30(36)35-26-6-4-3-5-25(26)31/h3-12,15-18H,13-14,31H2,1-2H3,(H,35,36). The van der Waals surface area contributed by atoms with Gasteiger partial charge >= 0.3 is 0 Å². The van der Waals surface area contributed by atoms with Gasteiger partial charge in [-0.05, 0) is 67.1 Å². The van der Waals surface area contributed by atoms with E-state index in [1.54, 1.807) is 49.7 Å². The Morgan fingerprint density at radius 1 is 0.897 bits per heavy atom. The van der Waals surface area contributed by atoms with Crippen LogP contribution in [0.4, 0.5) is 11.4 Å². The first kappa shape index (κ1) is 25.5. The Kier molecular flexibility index (Phi) is 7.49. The molecule has 0 saturated heterocycles. The van der Waals surface area contributed by atoms with Crippen molar-refractivity contribution < 1.29 is 19.0 Å². The van der Waals surface area contributed by atoms with Crippen LogP contribution in [0.15, 0.2) is 85.3 Å². The second-order valence-electron chi connectivity index (χ2n) is 8.68. The molecule has 5 aromatic rings. The molecule has 0 fully saturated rings. The fraction of sp³-hybridized carbons (Fsp3) is 0.133. The second kappa shape index (κ2) is 11.5.